The van der Waals surface area contributed by atoms with Crippen molar-refractivity contribution in [2.24, 2.45) is 7.05 Å². The van der Waals surface area contributed by atoms with Crippen LogP contribution in [0.4, 0.5) is 17.1 Å². The normalized spacial score (nSPS) is 11.6. The first-order chi connectivity index (χ1) is 15.6. The van der Waals surface area contributed by atoms with Crippen LogP contribution in [0.15, 0.2) is 115 Å². The molecule has 0 saturated carbocycles. The Morgan fingerprint density at radius 3 is 1.81 bits per heavy atom. The standard InChI is InChI=1S/C30H28N2/c1-23-13-10-11-19-27(23)28-22-21-24-14-12-20-29(30(24)31(28)2)32(3,25-15-6-4-7-16-25)26-17-8-5-9-18-26/h4-22H,1-3H3/q+2. The van der Waals surface area contributed by atoms with E-state index in [0.29, 0.717) is 4.48 Å². The zero-order valence-electron chi connectivity index (χ0n) is 18.9. The molecule has 1 heterocycles. The molecule has 0 radical (unpaired) electrons. The van der Waals surface area contributed by atoms with Crippen LogP contribution in [0, 0.1) is 6.92 Å². The van der Waals surface area contributed by atoms with Gasteiger partial charge in [0.15, 0.2) is 0 Å². The van der Waals surface area contributed by atoms with Gasteiger partial charge in [0.05, 0.1) is 12.4 Å². The Labute approximate surface area is 190 Å². The molecule has 1 aromatic heterocycles. The zero-order chi connectivity index (χ0) is 22.1. The van der Waals surface area contributed by atoms with Gasteiger partial charge in [0.1, 0.15) is 18.4 Å². The van der Waals surface area contributed by atoms with E-state index >= 15 is 0 Å². The molecule has 156 valence electrons. The highest BCUT2D eigenvalue weighted by Gasteiger charge is 2.36. The Bertz CT molecular complexity index is 1350. The van der Waals surface area contributed by atoms with E-state index in [1.807, 2.05) is 0 Å². The highest BCUT2D eigenvalue weighted by molar-refractivity contribution is 5.92. The largest absolute Gasteiger partial charge is 0.275 e. The Balaban J connectivity index is 1.86. The topological polar surface area (TPSA) is 3.88 Å². The van der Waals surface area contributed by atoms with Gasteiger partial charge in [-0.2, -0.15) is 4.57 Å². The van der Waals surface area contributed by atoms with Crippen molar-refractivity contribution < 1.29 is 4.57 Å². The van der Waals surface area contributed by atoms with Crippen LogP contribution in [0.3, 0.4) is 0 Å². The van der Waals surface area contributed by atoms with E-state index in [1.165, 1.54) is 44.8 Å². The molecule has 2 nitrogen and oxygen atoms in total. The van der Waals surface area contributed by atoms with Crippen LogP contribution in [0.5, 0.6) is 0 Å². The minimum Gasteiger partial charge on any atom is -0.223 e. The highest BCUT2D eigenvalue weighted by Crippen LogP contribution is 2.44. The van der Waals surface area contributed by atoms with E-state index in [2.05, 4.69) is 141 Å². The Hall–Kier alpha value is -3.75. The summed E-state index contributed by atoms with van der Waals surface area (Å²) >= 11 is 0. The van der Waals surface area contributed by atoms with Crippen molar-refractivity contribution in [2.75, 3.05) is 7.05 Å². The highest BCUT2D eigenvalue weighted by atomic mass is 15.4. The minimum atomic E-state index is 0.587. The first kappa shape index (κ1) is 20.2. The van der Waals surface area contributed by atoms with Gasteiger partial charge in [-0.1, -0.05) is 60.7 Å². The zero-order valence-corrected chi connectivity index (χ0v) is 18.9. The lowest BCUT2D eigenvalue weighted by atomic mass is 10.0. The molecule has 0 N–H and O–H groups in total. The molecule has 0 bridgehead atoms. The quantitative estimate of drug-likeness (QED) is 0.215. The molecular weight excluding hydrogens is 388 g/mol. The summed E-state index contributed by atoms with van der Waals surface area (Å²) in [7, 11) is 4.48. The van der Waals surface area contributed by atoms with Gasteiger partial charge in [-0.15, -0.1) is 0 Å². The fourth-order valence-corrected chi connectivity index (χ4v) is 4.82. The SMILES string of the molecule is Cc1ccccc1-c1ccc2cccc([N+](C)(c3ccccc3)c3ccccc3)c2[n+]1C. The monoisotopic (exact) mass is 416 g/mol. The number of rotatable bonds is 4. The number of hydrogen-bond acceptors (Lipinski definition) is 0. The van der Waals surface area contributed by atoms with Crippen LogP contribution in [-0.4, -0.2) is 7.05 Å². The van der Waals surface area contributed by atoms with Gasteiger partial charge in [0.2, 0.25) is 11.4 Å². The first-order valence-corrected chi connectivity index (χ1v) is 11.1. The molecule has 0 saturated heterocycles. The predicted octanol–water partition coefficient (Wildman–Crippen LogP) is 7.24. The number of aryl methyl sites for hydroxylation is 2. The molecule has 0 fully saturated rings. The molecule has 4 aromatic carbocycles. The van der Waals surface area contributed by atoms with Crippen LogP contribution in [0.2, 0.25) is 0 Å². The molecule has 0 amide bonds. The number of aromatic nitrogens is 1. The number of quaternary nitrogens is 1. The third-order valence-corrected chi connectivity index (χ3v) is 6.61. The lowest BCUT2D eigenvalue weighted by Crippen LogP contribution is -2.39. The van der Waals surface area contributed by atoms with Crippen LogP contribution < -0.4 is 9.05 Å². The molecular formula is C30H28N2+2. The van der Waals surface area contributed by atoms with Crippen molar-refractivity contribution in [1.82, 2.24) is 4.48 Å². The summed E-state index contributed by atoms with van der Waals surface area (Å²) in [6, 6.07) is 41.3. The summed E-state index contributed by atoms with van der Waals surface area (Å²) in [5, 5.41) is 1.23. The van der Waals surface area contributed by atoms with Gasteiger partial charge in [0, 0.05) is 17.7 Å². The van der Waals surface area contributed by atoms with E-state index in [0.717, 1.165) is 0 Å². The second kappa shape index (κ2) is 8.07. The van der Waals surface area contributed by atoms with Crippen molar-refractivity contribution in [2.45, 2.75) is 6.92 Å². The second-order valence-electron chi connectivity index (χ2n) is 8.48. The summed E-state index contributed by atoms with van der Waals surface area (Å²) in [5.41, 5.74) is 8.71. The summed E-state index contributed by atoms with van der Waals surface area (Å²) in [6.45, 7) is 2.18. The second-order valence-corrected chi connectivity index (χ2v) is 8.48. The maximum absolute atomic E-state index is 2.36. The number of para-hydroxylation sites is 3. The van der Waals surface area contributed by atoms with Crippen molar-refractivity contribution in [3.05, 3.63) is 121 Å². The lowest BCUT2D eigenvalue weighted by molar-refractivity contribution is -0.633. The minimum absolute atomic E-state index is 0.587. The average molecular weight is 417 g/mol. The number of benzene rings is 4. The van der Waals surface area contributed by atoms with Crippen LogP contribution in [0.25, 0.3) is 22.2 Å². The van der Waals surface area contributed by atoms with Gasteiger partial charge in [-0.25, -0.2) is 4.48 Å². The van der Waals surface area contributed by atoms with E-state index in [9.17, 15) is 0 Å². The van der Waals surface area contributed by atoms with Crippen molar-refractivity contribution >= 4 is 28.0 Å². The Morgan fingerprint density at radius 2 is 1.19 bits per heavy atom. The van der Waals surface area contributed by atoms with Gasteiger partial charge in [-0.3, -0.25) is 0 Å². The molecule has 5 rings (SSSR count). The van der Waals surface area contributed by atoms with Gasteiger partial charge >= 0.3 is 0 Å². The molecule has 0 unspecified atom stereocenters. The predicted molar refractivity (Wildman–Crippen MR) is 135 cm³/mol. The third kappa shape index (κ3) is 3.21. The van der Waals surface area contributed by atoms with Gasteiger partial charge < -0.3 is 0 Å². The molecule has 0 spiro atoms. The number of pyridine rings is 1. The number of hydrogen-bond donors (Lipinski definition) is 0. The molecule has 32 heavy (non-hydrogen) atoms. The molecule has 0 atom stereocenters. The maximum atomic E-state index is 2.36. The summed E-state index contributed by atoms with van der Waals surface area (Å²) in [4.78, 5) is 0. The molecule has 0 aliphatic heterocycles. The van der Waals surface area contributed by atoms with E-state index in [4.69, 9.17) is 0 Å². The average Bonchev–Trinajstić information content (AvgIpc) is 2.85. The lowest BCUT2D eigenvalue weighted by Gasteiger charge is -2.32. The number of fused-ring (bicyclic) bond motifs is 1. The molecule has 0 aliphatic carbocycles. The summed E-state index contributed by atoms with van der Waals surface area (Å²) in [6.07, 6.45) is 0. The first-order valence-electron chi connectivity index (χ1n) is 11.1. The molecule has 5 aromatic rings. The smallest absolute Gasteiger partial charge is 0.223 e. The van der Waals surface area contributed by atoms with Crippen molar-refractivity contribution in [3.8, 4) is 11.3 Å². The summed E-state index contributed by atoms with van der Waals surface area (Å²) in [5.74, 6) is 0. The van der Waals surface area contributed by atoms with Gasteiger partial charge in [-0.05, 0) is 55.0 Å². The van der Waals surface area contributed by atoms with E-state index in [-0.39, 0.29) is 0 Å². The van der Waals surface area contributed by atoms with E-state index in [1.54, 1.807) is 0 Å². The van der Waals surface area contributed by atoms with Crippen LogP contribution in [0.1, 0.15) is 5.56 Å². The fourth-order valence-electron chi connectivity index (χ4n) is 4.82. The molecule has 2 heteroatoms. The van der Waals surface area contributed by atoms with E-state index < -0.39 is 0 Å². The van der Waals surface area contributed by atoms with Gasteiger partial charge in [0.25, 0.3) is 5.52 Å². The number of nitrogens with zero attached hydrogens (tertiary/aromatic N) is 2. The third-order valence-electron chi connectivity index (χ3n) is 6.61. The van der Waals surface area contributed by atoms with Crippen molar-refractivity contribution in [1.29, 1.82) is 0 Å². The molecule has 0 aliphatic rings. The van der Waals surface area contributed by atoms with Crippen LogP contribution in [-0.2, 0) is 7.05 Å². The summed E-state index contributed by atoms with van der Waals surface area (Å²) < 4.78 is 2.94. The van der Waals surface area contributed by atoms with Crippen molar-refractivity contribution in [3.63, 3.8) is 0 Å². The fraction of sp³-hybridized carbons (Fsp3) is 0.100. The Morgan fingerprint density at radius 1 is 0.594 bits per heavy atom. The maximum Gasteiger partial charge on any atom is 0.275 e. The van der Waals surface area contributed by atoms with Crippen LogP contribution >= 0.6 is 0 Å². The Kier molecular flexibility index (Phi) is 5.08.